The molecule has 7 heteroatoms. The van der Waals surface area contributed by atoms with Crippen LogP contribution in [0.1, 0.15) is 36.4 Å². The van der Waals surface area contributed by atoms with E-state index in [1.165, 1.54) is 12.0 Å². The van der Waals surface area contributed by atoms with Crippen molar-refractivity contribution >= 4 is 51.7 Å². The number of benzene rings is 1. The molecule has 0 bridgehead atoms. The third kappa shape index (κ3) is 5.84. The van der Waals surface area contributed by atoms with Gasteiger partial charge in [0, 0.05) is 48.3 Å². The highest BCUT2D eigenvalue weighted by atomic mass is 127. The summed E-state index contributed by atoms with van der Waals surface area (Å²) < 4.78 is 1.13. The summed E-state index contributed by atoms with van der Waals surface area (Å²) in [5.74, 6) is 2.61. The van der Waals surface area contributed by atoms with E-state index in [2.05, 4.69) is 77.8 Å². The second-order valence-corrected chi connectivity index (χ2v) is 8.68. The maximum absolute atomic E-state index is 4.66. The minimum atomic E-state index is 0. The van der Waals surface area contributed by atoms with Gasteiger partial charge in [0.1, 0.15) is 5.82 Å². The number of rotatable bonds is 4. The molecule has 0 radical (unpaired) electrons. The van der Waals surface area contributed by atoms with Crippen LogP contribution < -0.4 is 15.5 Å². The van der Waals surface area contributed by atoms with E-state index in [1.54, 1.807) is 0 Å². The van der Waals surface area contributed by atoms with Crippen molar-refractivity contribution in [2.45, 2.75) is 44.2 Å². The predicted molar refractivity (Wildman–Crippen MR) is 135 cm³/mol. The van der Waals surface area contributed by atoms with Gasteiger partial charge in [-0.15, -0.1) is 24.0 Å². The molecule has 1 saturated heterocycles. The normalized spacial score (nSPS) is 22.0. The summed E-state index contributed by atoms with van der Waals surface area (Å²) in [4.78, 5) is 11.5. The third-order valence-electron chi connectivity index (χ3n) is 5.67. The fraction of sp³-hybridized carbons (Fsp3) is 0.455. The largest absolute Gasteiger partial charge is 0.356 e. The molecule has 0 amide bonds. The summed E-state index contributed by atoms with van der Waals surface area (Å²) in [6.45, 7) is 4.10. The summed E-state index contributed by atoms with van der Waals surface area (Å²) >= 11 is 3.51. The lowest BCUT2D eigenvalue weighted by Crippen LogP contribution is -2.49. The summed E-state index contributed by atoms with van der Waals surface area (Å²) in [5, 5.41) is 7.23. The average molecular weight is 570 g/mol. The van der Waals surface area contributed by atoms with E-state index < -0.39 is 0 Å². The number of aromatic nitrogens is 1. The molecule has 1 saturated carbocycles. The lowest BCUT2D eigenvalue weighted by Gasteiger charge is -2.34. The van der Waals surface area contributed by atoms with Gasteiger partial charge < -0.3 is 15.5 Å². The molecule has 2 aromatic rings. The number of halogens is 2. The van der Waals surface area contributed by atoms with Gasteiger partial charge >= 0.3 is 0 Å². The smallest absolute Gasteiger partial charge is 0.191 e. The van der Waals surface area contributed by atoms with Crippen LogP contribution in [0, 0.1) is 6.92 Å². The van der Waals surface area contributed by atoms with Gasteiger partial charge in [0.2, 0.25) is 0 Å². The Kier molecular flexibility index (Phi) is 7.79. The number of aliphatic imine (C=N–C) groups is 1. The zero-order valence-electron chi connectivity index (χ0n) is 16.9. The van der Waals surface area contributed by atoms with Crippen molar-refractivity contribution in [3.8, 4) is 0 Å². The van der Waals surface area contributed by atoms with E-state index in [4.69, 9.17) is 0 Å². The van der Waals surface area contributed by atoms with Crippen LogP contribution in [0.4, 0.5) is 5.82 Å². The molecule has 2 atom stereocenters. The monoisotopic (exact) mass is 569 g/mol. The van der Waals surface area contributed by atoms with Crippen molar-refractivity contribution in [1.29, 1.82) is 0 Å². The van der Waals surface area contributed by atoms with Crippen LogP contribution >= 0.6 is 39.9 Å². The molecule has 1 aromatic heterocycles. The molecule has 2 unspecified atom stereocenters. The SMILES string of the molecule is CN=C(NC1CCN(c2cccc(C)n2)CC1)NC1CC1c1ccc(Br)cc1.I. The van der Waals surface area contributed by atoms with E-state index in [9.17, 15) is 0 Å². The van der Waals surface area contributed by atoms with Crippen LogP contribution in [0.25, 0.3) is 0 Å². The van der Waals surface area contributed by atoms with Crippen molar-refractivity contribution < 1.29 is 0 Å². The van der Waals surface area contributed by atoms with E-state index in [0.29, 0.717) is 18.0 Å². The third-order valence-corrected chi connectivity index (χ3v) is 6.20. The molecule has 1 aromatic carbocycles. The molecule has 29 heavy (non-hydrogen) atoms. The highest BCUT2D eigenvalue weighted by Crippen LogP contribution is 2.41. The molecule has 2 aliphatic rings. The lowest BCUT2D eigenvalue weighted by atomic mass is 10.1. The van der Waals surface area contributed by atoms with Crippen LogP contribution in [0.5, 0.6) is 0 Å². The van der Waals surface area contributed by atoms with E-state index in [-0.39, 0.29) is 24.0 Å². The average Bonchev–Trinajstić information content (AvgIpc) is 3.47. The Bertz CT molecular complexity index is 833. The zero-order valence-corrected chi connectivity index (χ0v) is 20.9. The molecule has 2 heterocycles. The molecular weight excluding hydrogens is 541 g/mol. The molecule has 4 rings (SSSR count). The van der Waals surface area contributed by atoms with E-state index >= 15 is 0 Å². The van der Waals surface area contributed by atoms with Crippen molar-refractivity contribution in [1.82, 2.24) is 15.6 Å². The Balaban J connectivity index is 0.00000240. The first-order valence-corrected chi connectivity index (χ1v) is 10.9. The van der Waals surface area contributed by atoms with Gasteiger partial charge in [0.25, 0.3) is 0 Å². The van der Waals surface area contributed by atoms with E-state index in [1.807, 2.05) is 20.0 Å². The second-order valence-electron chi connectivity index (χ2n) is 7.76. The fourth-order valence-electron chi connectivity index (χ4n) is 3.93. The van der Waals surface area contributed by atoms with Gasteiger partial charge in [0.15, 0.2) is 5.96 Å². The topological polar surface area (TPSA) is 52.6 Å². The van der Waals surface area contributed by atoms with Crippen molar-refractivity contribution in [2.75, 3.05) is 25.0 Å². The van der Waals surface area contributed by atoms with Gasteiger partial charge in [-0.05, 0) is 56.0 Å². The second kappa shape index (κ2) is 10.1. The number of hydrogen-bond donors (Lipinski definition) is 2. The van der Waals surface area contributed by atoms with Gasteiger partial charge in [-0.25, -0.2) is 4.98 Å². The first-order valence-electron chi connectivity index (χ1n) is 10.1. The summed E-state index contributed by atoms with van der Waals surface area (Å²) in [6, 6.07) is 15.8. The first-order chi connectivity index (χ1) is 13.6. The Morgan fingerprint density at radius 2 is 1.83 bits per heavy atom. The quantitative estimate of drug-likeness (QED) is 0.324. The molecule has 2 fully saturated rings. The Labute approximate surface area is 198 Å². The number of anilines is 1. The summed E-state index contributed by atoms with van der Waals surface area (Å²) in [5.41, 5.74) is 2.47. The number of guanidine groups is 1. The molecule has 1 aliphatic heterocycles. The van der Waals surface area contributed by atoms with Crippen molar-refractivity contribution in [3.05, 3.63) is 58.2 Å². The predicted octanol–water partition coefficient (Wildman–Crippen LogP) is 4.46. The maximum Gasteiger partial charge on any atom is 0.191 e. The summed E-state index contributed by atoms with van der Waals surface area (Å²) in [7, 11) is 1.86. The number of piperidine rings is 1. The minimum Gasteiger partial charge on any atom is -0.356 e. The number of aryl methyl sites for hydroxylation is 1. The Hall–Kier alpha value is -1.35. The van der Waals surface area contributed by atoms with Gasteiger partial charge in [-0.1, -0.05) is 34.1 Å². The van der Waals surface area contributed by atoms with Crippen LogP contribution in [-0.2, 0) is 0 Å². The standard InChI is InChI=1S/C22H28BrN5.HI/c1-15-4-3-5-21(25-15)28-12-10-18(11-13-28)26-22(24-2)27-20-14-19(20)16-6-8-17(23)9-7-16;/h3-9,18-20H,10-14H2,1-2H3,(H2,24,26,27);1H. The van der Waals surface area contributed by atoms with E-state index in [0.717, 1.165) is 47.9 Å². The van der Waals surface area contributed by atoms with Gasteiger partial charge in [-0.2, -0.15) is 0 Å². The molecule has 0 spiro atoms. The van der Waals surface area contributed by atoms with Crippen LogP contribution in [0.2, 0.25) is 0 Å². The number of nitrogens with zero attached hydrogens (tertiary/aromatic N) is 3. The zero-order chi connectivity index (χ0) is 19.5. The Morgan fingerprint density at radius 1 is 1.10 bits per heavy atom. The lowest BCUT2D eigenvalue weighted by molar-refractivity contribution is 0.459. The highest BCUT2D eigenvalue weighted by Gasteiger charge is 2.39. The van der Waals surface area contributed by atoms with Crippen LogP contribution in [-0.4, -0.2) is 43.2 Å². The maximum atomic E-state index is 4.66. The number of pyridine rings is 1. The molecule has 1 aliphatic carbocycles. The van der Waals surface area contributed by atoms with Crippen LogP contribution in [0.3, 0.4) is 0 Å². The van der Waals surface area contributed by atoms with Crippen molar-refractivity contribution in [3.63, 3.8) is 0 Å². The minimum absolute atomic E-state index is 0. The van der Waals surface area contributed by atoms with Gasteiger partial charge in [0.05, 0.1) is 0 Å². The number of nitrogens with one attached hydrogen (secondary N) is 2. The summed E-state index contributed by atoms with van der Waals surface area (Å²) in [6.07, 6.45) is 3.36. The Morgan fingerprint density at radius 3 is 2.48 bits per heavy atom. The van der Waals surface area contributed by atoms with Gasteiger partial charge in [-0.3, -0.25) is 4.99 Å². The van der Waals surface area contributed by atoms with Crippen LogP contribution in [0.15, 0.2) is 51.9 Å². The molecular formula is C22H29BrIN5. The molecule has 156 valence electrons. The van der Waals surface area contributed by atoms with Crippen molar-refractivity contribution in [2.24, 2.45) is 4.99 Å². The highest BCUT2D eigenvalue weighted by molar-refractivity contribution is 14.0. The molecule has 2 N–H and O–H groups in total. The first kappa shape index (κ1) is 22.3. The fourth-order valence-corrected chi connectivity index (χ4v) is 4.19. The number of hydrogen-bond acceptors (Lipinski definition) is 3. The molecule has 5 nitrogen and oxygen atoms in total.